The summed E-state index contributed by atoms with van der Waals surface area (Å²) >= 11 is 1.66. The zero-order valence-electron chi connectivity index (χ0n) is 11.0. The van der Waals surface area contributed by atoms with Crippen LogP contribution in [0, 0.1) is 0 Å². The van der Waals surface area contributed by atoms with Gasteiger partial charge in [0.25, 0.3) is 0 Å². The van der Waals surface area contributed by atoms with E-state index in [0.29, 0.717) is 6.54 Å². The topological polar surface area (TPSA) is 61.4 Å². The molecule has 4 nitrogen and oxygen atoms in total. The molecule has 1 aromatic heterocycles. The molecule has 2 amide bonds. The van der Waals surface area contributed by atoms with Crippen molar-refractivity contribution in [3.63, 3.8) is 0 Å². The molecule has 0 aromatic carbocycles. The Hall–Kier alpha value is -1.07. The maximum absolute atomic E-state index is 11.7. The van der Waals surface area contributed by atoms with E-state index >= 15 is 0 Å². The first-order valence-electron chi connectivity index (χ1n) is 6.27. The normalized spacial score (nSPS) is 13.9. The van der Waals surface area contributed by atoms with Crippen molar-refractivity contribution in [3.8, 4) is 0 Å². The number of amides is 2. The van der Waals surface area contributed by atoms with Gasteiger partial charge in [-0.1, -0.05) is 13.3 Å². The fraction of sp³-hybridized carbons (Fsp3) is 0.615. The number of aliphatic hydroxyl groups excluding tert-OH is 1. The first-order chi connectivity index (χ1) is 8.59. The highest BCUT2D eigenvalue weighted by atomic mass is 32.1. The zero-order valence-corrected chi connectivity index (χ0v) is 11.8. The summed E-state index contributed by atoms with van der Waals surface area (Å²) in [4.78, 5) is 11.7. The van der Waals surface area contributed by atoms with Crippen molar-refractivity contribution >= 4 is 17.4 Å². The molecular weight excluding hydrogens is 248 g/mol. The molecule has 3 N–H and O–H groups in total. The summed E-state index contributed by atoms with van der Waals surface area (Å²) in [7, 11) is 0. The van der Waals surface area contributed by atoms with E-state index in [0.717, 1.165) is 19.3 Å². The van der Waals surface area contributed by atoms with E-state index in [2.05, 4.69) is 22.1 Å². The lowest BCUT2D eigenvalue weighted by Gasteiger charge is -2.28. The molecular formula is C13H22N2O2S. The Morgan fingerprint density at radius 2 is 2.33 bits per heavy atom. The van der Waals surface area contributed by atoms with Crippen LogP contribution in [0.3, 0.4) is 0 Å². The van der Waals surface area contributed by atoms with E-state index in [1.165, 1.54) is 5.56 Å². The van der Waals surface area contributed by atoms with Crippen LogP contribution in [0.5, 0.6) is 0 Å². The minimum Gasteiger partial charge on any atom is -0.394 e. The molecule has 1 atom stereocenters. The van der Waals surface area contributed by atoms with Gasteiger partial charge in [-0.25, -0.2) is 4.79 Å². The molecule has 0 aliphatic carbocycles. The van der Waals surface area contributed by atoms with E-state index < -0.39 is 5.54 Å². The minimum absolute atomic E-state index is 0.0429. The predicted octanol–water partition coefficient (Wildman–Crippen LogP) is 2.14. The van der Waals surface area contributed by atoms with Crippen molar-refractivity contribution in [2.24, 2.45) is 0 Å². The smallest absolute Gasteiger partial charge is 0.315 e. The van der Waals surface area contributed by atoms with Crippen LogP contribution >= 0.6 is 11.3 Å². The number of thiophene rings is 1. The number of carbonyl (C=O) groups excluding carboxylic acids is 1. The van der Waals surface area contributed by atoms with Gasteiger partial charge in [0.2, 0.25) is 0 Å². The Morgan fingerprint density at radius 1 is 1.56 bits per heavy atom. The summed E-state index contributed by atoms with van der Waals surface area (Å²) in [5.74, 6) is 0. The van der Waals surface area contributed by atoms with Gasteiger partial charge in [-0.2, -0.15) is 11.3 Å². The lowest BCUT2D eigenvalue weighted by molar-refractivity contribution is 0.163. The van der Waals surface area contributed by atoms with Crippen LogP contribution in [0.4, 0.5) is 4.79 Å². The Labute approximate surface area is 112 Å². The molecule has 0 aliphatic rings. The Kier molecular flexibility index (Phi) is 6.15. The molecule has 0 saturated heterocycles. The molecule has 0 aliphatic heterocycles. The third kappa shape index (κ3) is 5.06. The third-order valence-electron chi connectivity index (χ3n) is 2.85. The second-order valence-corrected chi connectivity index (χ2v) is 5.51. The molecule has 1 heterocycles. The SMILES string of the molecule is CCCC(C)(CO)NC(=O)NCCc1ccsc1. The summed E-state index contributed by atoms with van der Waals surface area (Å²) in [6.07, 6.45) is 2.52. The molecule has 5 heteroatoms. The number of aliphatic hydroxyl groups is 1. The number of rotatable bonds is 7. The quantitative estimate of drug-likeness (QED) is 0.711. The van der Waals surface area contributed by atoms with Crippen molar-refractivity contribution in [2.45, 2.75) is 38.6 Å². The van der Waals surface area contributed by atoms with Crippen molar-refractivity contribution in [3.05, 3.63) is 22.4 Å². The summed E-state index contributed by atoms with van der Waals surface area (Å²) in [5, 5.41) is 19.0. The van der Waals surface area contributed by atoms with Crippen LogP contribution in [-0.2, 0) is 6.42 Å². The van der Waals surface area contributed by atoms with Gasteiger partial charge in [-0.15, -0.1) is 0 Å². The number of carbonyl (C=O) groups is 1. The number of urea groups is 1. The monoisotopic (exact) mass is 270 g/mol. The van der Waals surface area contributed by atoms with Crippen molar-refractivity contribution < 1.29 is 9.90 Å². The second kappa shape index (κ2) is 7.38. The van der Waals surface area contributed by atoms with Gasteiger partial charge in [-0.3, -0.25) is 0 Å². The largest absolute Gasteiger partial charge is 0.394 e. The van der Waals surface area contributed by atoms with E-state index in [1.807, 2.05) is 19.2 Å². The van der Waals surface area contributed by atoms with E-state index in [4.69, 9.17) is 0 Å². The number of hydrogen-bond acceptors (Lipinski definition) is 3. The first kappa shape index (κ1) is 15.0. The average Bonchev–Trinajstić information content (AvgIpc) is 2.82. The number of nitrogens with one attached hydrogen (secondary N) is 2. The molecule has 1 rings (SSSR count). The van der Waals surface area contributed by atoms with Crippen LogP contribution in [-0.4, -0.2) is 29.8 Å². The van der Waals surface area contributed by atoms with Crippen LogP contribution in [0.1, 0.15) is 32.3 Å². The van der Waals surface area contributed by atoms with Crippen molar-refractivity contribution in [1.82, 2.24) is 10.6 Å². The highest BCUT2D eigenvalue weighted by Gasteiger charge is 2.24. The van der Waals surface area contributed by atoms with E-state index in [9.17, 15) is 9.90 Å². The molecule has 102 valence electrons. The van der Waals surface area contributed by atoms with Crippen molar-refractivity contribution in [2.75, 3.05) is 13.2 Å². The predicted molar refractivity (Wildman–Crippen MR) is 75.0 cm³/mol. The molecule has 0 spiro atoms. The third-order valence-corrected chi connectivity index (χ3v) is 3.58. The van der Waals surface area contributed by atoms with Gasteiger partial charge in [0, 0.05) is 6.54 Å². The molecule has 1 unspecified atom stereocenters. The molecule has 0 saturated carbocycles. The number of hydrogen-bond donors (Lipinski definition) is 3. The maximum atomic E-state index is 11.7. The van der Waals surface area contributed by atoms with Gasteiger partial charge in [0.05, 0.1) is 12.1 Å². The lowest BCUT2D eigenvalue weighted by atomic mass is 9.98. The van der Waals surface area contributed by atoms with Crippen molar-refractivity contribution in [1.29, 1.82) is 0 Å². The molecule has 18 heavy (non-hydrogen) atoms. The highest BCUT2D eigenvalue weighted by Crippen LogP contribution is 2.10. The zero-order chi connectivity index (χ0) is 13.4. The van der Waals surface area contributed by atoms with E-state index in [1.54, 1.807) is 11.3 Å². The maximum Gasteiger partial charge on any atom is 0.315 e. The first-order valence-corrected chi connectivity index (χ1v) is 7.22. The standard InChI is InChI=1S/C13H22N2O2S/c1-3-6-13(2,10-16)15-12(17)14-7-4-11-5-8-18-9-11/h5,8-9,16H,3-4,6-7,10H2,1-2H3,(H2,14,15,17). The molecule has 1 aromatic rings. The van der Waals surface area contributed by atoms with Crippen LogP contribution in [0.15, 0.2) is 16.8 Å². The average molecular weight is 270 g/mol. The van der Waals surface area contributed by atoms with Gasteiger partial charge >= 0.3 is 6.03 Å². The van der Waals surface area contributed by atoms with Crippen LogP contribution in [0.2, 0.25) is 0 Å². The second-order valence-electron chi connectivity index (χ2n) is 4.73. The Bertz CT molecular complexity index is 354. The summed E-state index contributed by atoms with van der Waals surface area (Å²) in [6.45, 7) is 4.45. The summed E-state index contributed by atoms with van der Waals surface area (Å²) < 4.78 is 0. The van der Waals surface area contributed by atoms with Gasteiger partial charge in [0.1, 0.15) is 0 Å². The highest BCUT2D eigenvalue weighted by molar-refractivity contribution is 7.07. The lowest BCUT2D eigenvalue weighted by Crippen LogP contribution is -2.52. The Balaban J connectivity index is 2.28. The van der Waals surface area contributed by atoms with E-state index in [-0.39, 0.29) is 12.6 Å². The summed E-state index contributed by atoms with van der Waals surface area (Å²) in [6, 6.07) is 1.84. The fourth-order valence-corrected chi connectivity index (χ4v) is 2.51. The van der Waals surface area contributed by atoms with Gasteiger partial charge in [-0.05, 0) is 42.2 Å². The molecule has 0 radical (unpaired) electrons. The van der Waals surface area contributed by atoms with Crippen LogP contribution < -0.4 is 10.6 Å². The minimum atomic E-state index is -0.527. The van der Waals surface area contributed by atoms with Gasteiger partial charge < -0.3 is 15.7 Å². The van der Waals surface area contributed by atoms with Gasteiger partial charge in [0.15, 0.2) is 0 Å². The fourth-order valence-electron chi connectivity index (χ4n) is 1.81. The van der Waals surface area contributed by atoms with Crippen LogP contribution in [0.25, 0.3) is 0 Å². The Morgan fingerprint density at radius 3 is 2.89 bits per heavy atom. The summed E-state index contributed by atoms with van der Waals surface area (Å²) in [5.41, 5.74) is 0.708. The molecule has 0 fully saturated rings. The molecule has 0 bridgehead atoms.